The van der Waals surface area contributed by atoms with Gasteiger partial charge in [-0.3, -0.25) is 0 Å². The zero-order valence-corrected chi connectivity index (χ0v) is 12.6. The Morgan fingerprint density at radius 1 is 1.11 bits per heavy atom. The van der Waals surface area contributed by atoms with Gasteiger partial charge in [-0.2, -0.15) is 0 Å². The summed E-state index contributed by atoms with van der Waals surface area (Å²) in [4.78, 5) is 0. The summed E-state index contributed by atoms with van der Waals surface area (Å²) in [5.74, 6) is 0.896. The Bertz CT molecular complexity index is 510. The highest BCUT2D eigenvalue weighted by atomic mass is 79.9. The normalized spacial score (nSPS) is 10.2. The van der Waals surface area contributed by atoms with Crippen LogP contribution in [0.3, 0.4) is 0 Å². The third-order valence-electron chi connectivity index (χ3n) is 2.85. The van der Waals surface area contributed by atoms with Crippen molar-refractivity contribution >= 4 is 21.6 Å². The van der Waals surface area contributed by atoms with Gasteiger partial charge in [0.1, 0.15) is 12.4 Å². The summed E-state index contributed by atoms with van der Waals surface area (Å²) in [5, 5.41) is 3.37. The van der Waals surface area contributed by atoms with E-state index in [0.717, 1.165) is 28.9 Å². The predicted molar refractivity (Wildman–Crippen MR) is 83.9 cm³/mol. The predicted octanol–water partition coefficient (Wildman–Crippen LogP) is 4.50. The molecule has 0 aliphatic heterocycles. The van der Waals surface area contributed by atoms with Crippen LogP contribution < -0.4 is 10.1 Å². The zero-order valence-electron chi connectivity index (χ0n) is 11.0. The van der Waals surface area contributed by atoms with Gasteiger partial charge >= 0.3 is 0 Å². The van der Waals surface area contributed by atoms with Crippen LogP contribution in [0.5, 0.6) is 5.75 Å². The van der Waals surface area contributed by atoms with Crippen molar-refractivity contribution in [2.75, 3.05) is 18.5 Å². The molecule has 0 aromatic heterocycles. The van der Waals surface area contributed by atoms with Crippen molar-refractivity contribution in [2.45, 2.75) is 13.3 Å². The molecule has 0 unspecified atom stereocenters. The molecule has 0 aliphatic carbocycles. The maximum absolute atomic E-state index is 5.66. The monoisotopic (exact) mass is 319 g/mol. The molecular formula is C16H18BrNO. The van der Waals surface area contributed by atoms with Crippen LogP contribution in [0.4, 0.5) is 5.69 Å². The molecule has 19 heavy (non-hydrogen) atoms. The summed E-state index contributed by atoms with van der Waals surface area (Å²) >= 11 is 3.40. The van der Waals surface area contributed by atoms with Gasteiger partial charge in [-0.25, -0.2) is 0 Å². The minimum Gasteiger partial charge on any atom is -0.492 e. The fraction of sp³-hybridized carbons (Fsp3) is 0.250. The highest BCUT2D eigenvalue weighted by molar-refractivity contribution is 9.10. The molecule has 0 aliphatic rings. The summed E-state index contributed by atoms with van der Waals surface area (Å²) in [5.41, 5.74) is 2.50. The summed E-state index contributed by atoms with van der Waals surface area (Å²) < 4.78 is 6.72. The lowest BCUT2D eigenvalue weighted by atomic mass is 10.1. The second-order valence-electron chi connectivity index (χ2n) is 4.28. The van der Waals surface area contributed by atoms with E-state index in [4.69, 9.17) is 4.74 Å². The third-order valence-corrected chi connectivity index (χ3v) is 3.38. The number of rotatable bonds is 6. The lowest BCUT2D eigenvalue weighted by Crippen LogP contribution is -2.11. The lowest BCUT2D eigenvalue weighted by molar-refractivity contribution is 0.333. The molecule has 0 atom stereocenters. The maximum Gasteiger partial charge on any atom is 0.119 e. The van der Waals surface area contributed by atoms with E-state index in [-0.39, 0.29) is 0 Å². The van der Waals surface area contributed by atoms with Crippen LogP contribution >= 0.6 is 15.9 Å². The zero-order chi connectivity index (χ0) is 13.5. The van der Waals surface area contributed by atoms with Gasteiger partial charge in [0.05, 0.1) is 0 Å². The fourth-order valence-electron chi connectivity index (χ4n) is 1.80. The summed E-state index contributed by atoms with van der Waals surface area (Å²) in [6, 6.07) is 16.4. The second-order valence-corrected chi connectivity index (χ2v) is 5.20. The molecule has 2 rings (SSSR count). The Balaban J connectivity index is 1.75. The average molecular weight is 320 g/mol. The molecule has 2 aromatic rings. The highest BCUT2D eigenvalue weighted by Crippen LogP contribution is 2.16. The number of halogens is 1. The van der Waals surface area contributed by atoms with Gasteiger partial charge in [0.2, 0.25) is 0 Å². The van der Waals surface area contributed by atoms with Crippen LogP contribution in [-0.2, 0) is 6.42 Å². The first kappa shape index (κ1) is 13.9. The minimum absolute atomic E-state index is 0.651. The molecule has 0 heterocycles. The molecular weight excluding hydrogens is 302 g/mol. The van der Waals surface area contributed by atoms with Crippen LogP contribution in [0.15, 0.2) is 53.0 Å². The molecule has 0 saturated heterocycles. The van der Waals surface area contributed by atoms with Crippen molar-refractivity contribution < 1.29 is 4.74 Å². The van der Waals surface area contributed by atoms with E-state index in [0.29, 0.717) is 6.61 Å². The van der Waals surface area contributed by atoms with E-state index in [1.165, 1.54) is 5.56 Å². The van der Waals surface area contributed by atoms with Gasteiger partial charge in [0.25, 0.3) is 0 Å². The number of nitrogens with one attached hydrogen (secondary N) is 1. The van der Waals surface area contributed by atoms with Crippen molar-refractivity contribution in [1.29, 1.82) is 0 Å². The van der Waals surface area contributed by atoms with Crippen LogP contribution in [0.1, 0.15) is 12.5 Å². The standard InChI is InChI=1S/C16H18BrNO/c1-2-13-4-3-5-15(12-13)18-10-11-19-16-8-6-14(17)7-9-16/h3-9,12,18H,2,10-11H2,1H3. The van der Waals surface area contributed by atoms with Crippen molar-refractivity contribution in [3.8, 4) is 5.75 Å². The van der Waals surface area contributed by atoms with Crippen LogP contribution in [0.2, 0.25) is 0 Å². The minimum atomic E-state index is 0.651. The number of hydrogen-bond acceptors (Lipinski definition) is 2. The molecule has 0 bridgehead atoms. The Kier molecular flexibility index (Phi) is 5.28. The highest BCUT2D eigenvalue weighted by Gasteiger charge is 1.95. The molecule has 0 fully saturated rings. The first-order valence-corrected chi connectivity index (χ1v) is 7.28. The second kappa shape index (κ2) is 7.19. The maximum atomic E-state index is 5.66. The van der Waals surface area contributed by atoms with Crippen LogP contribution in [-0.4, -0.2) is 13.2 Å². The first-order valence-electron chi connectivity index (χ1n) is 6.49. The third kappa shape index (κ3) is 4.60. The number of hydrogen-bond donors (Lipinski definition) is 1. The molecule has 0 spiro atoms. The molecule has 0 amide bonds. The van der Waals surface area contributed by atoms with Crippen LogP contribution in [0, 0.1) is 0 Å². The number of ether oxygens (including phenoxy) is 1. The quantitative estimate of drug-likeness (QED) is 0.791. The number of benzene rings is 2. The number of aryl methyl sites for hydroxylation is 1. The molecule has 100 valence electrons. The molecule has 0 saturated carbocycles. The van der Waals surface area contributed by atoms with Crippen molar-refractivity contribution in [3.05, 3.63) is 58.6 Å². The summed E-state index contributed by atoms with van der Waals surface area (Å²) in [6.45, 7) is 3.61. The Labute approximate surface area is 122 Å². The smallest absolute Gasteiger partial charge is 0.119 e. The topological polar surface area (TPSA) is 21.3 Å². The largest absolute Gasteiger partial charge is 0.492 e. The van der Waals surface area contributed by atoms with E-state index in [9.17, 15) is 0 Å². The van der Waals surface area contributed by atoms with Gasteiger partial charge in [-0.15, -0.1) is 0 Å². The van der Waals surface area contributed by atoms with E-state index < -0.39 is 0 Å². The summed E-state index contributed by atoms with van der Waals surface area (Å²) in [7, 11) is 0. The molecule has 1 N–H and O–H groups in total. The van der Waals surface area contributed by atoms with Crippen molar-refractivity contribution in [2.24, 2.45) is 0 Å². The van der Waals surface area contributed by atoms with Gasteiger partial charge in [0, 0.05) is 16.7 Å². The summed E-state index contributed by atoms with van der Waals surface area (Å²) in [6.07, 6.45) is 1.06. The van der Waals surface area contributed by atoms with Gasteiger partial charge < -0.3 is 10.1 Å². The van der Waals surface area contributed by atoms with Gasteiger partial charge in [0.15, 0.2) is 0 Å². The Morgan fingerprint density at radius 2 is 1.89 bits per heavy atom. The van der Waals surface area contributed by atoms with E-state index in [2.05, 4.69) is 52.4 Å². The van der Waals surface area contributed by atoms with Gasteiger partial charge in [-0.05, 0) is 48.4 Å². The Morgan fingerprint density at radius 3 is 2.63 bits per heavy atom. The molecule has 3 heteroatoms. The Hall–Kier alpha value is -1.48. The van der Waals surface area contributed by atoms with E-state index in [1.807, 2.05) is 24.3 Å². The van der Waals surface area contributed by atoms with E-state index >= 15 is 0 Å². The first-order chi connectivity index (χ1) is 9.28. The SMILES string of the molecule is CCc1cccc(NCCOc2ccc(Br)cc2)c1. The van der Waals surface area contributed by atoms with Crippen molar-refractivity contribution in [1.82, 2.24) is 0 Å². The molecule has 0 radical (unpaired) electrons. The average Bonchev–Trinajstić information content (AvgIpc) is 2.46. The molecule has 2 aromatic carbocycles. The number of anilines is 1. The van der Waals surface area contributed by atoms with E-state index in [1.54, 1.807) is 0 Å². The van der Waals surface area contributed by atoms with Crippen LogP contribution in [0.25, 0.3) is 0 Å². The fourth-order valence-corrected chi connectivity index (χ4v) is 2.06. The van der Waals surface area contributed by atoms with Crippen molar-refractivity contribution in [3.63, 3.8) is 0 Å². The molecule has 2 nitrogen and oxygen atoms in total. The lowest BCUT2D eigenvalue weighted by Gasteiger charge is -2.09. The van der Waals surface area contributed by atoms with Gasteiger partial charge in [-0.1, -0.05) is 35.0 Å².